The van der Waals surface area contributed by atoms with Gasteiger partial charge in [0.1, 0.15) is 23.7 Å². The van der Waals surface area contributed by atoms with Crippen molar-refractivity contribution in [2.45, 2.75) is 38.1 Å². The van der Waals surface area contributed by atoms with E-state index in [1.54, 1.807) is 0 Å². The van der Waals surface area contributed by atoms with Crippen molar-refractivity contribution in [3.8, 4) is 5.75 Å². The summed E-state index contributed by atoms with van der Waals surface area (Å²) in [6.07, 6.45) is 1.34. The number of carbonyl (C=O) groups excluding carboxylic acids is 2. The van der Waals surface area contributed by atoms with Gasteiger partial charge in [-0.3, -0.25) is 9.59 Å². The summed E-state index contributed by atoms with van der Waals surface area (Å²) < 4.78 is 12.0. The Morgan fingerprint density at radius 1 is 1.18 bits per heavy atom. The van der Waals surface area contributed by atoms with Crippen LogP contribution in [0.15, 0.2) is 46.9 Å². The van der Waals surface area contributed by atoms with Gasteiger partial charge in [0.05, 0.1) is 11.6 Å². The van der Waals surface area contributed by atoms with E-state index in [0.29, 0.717) is 35.7 Å². The zero-order valence-electron chi connectivity index (χ0n) is 15.9. The van der Waals surface area contributed by atoms with E-state index in [9.17, 15) is 9.59 Å². The van der Waals surface area contributed by atoms with E-state index in [-0.39, 0.29) is 17.7 Å². The first-order valence-electron chi connectivity index (χ1n) is 9.58. The SMILES string of the molecule is CC1(C)c2cc(OC[C@H]3CCC(=O)N3)ccc2C(=O)c2c1oc1ccccc21. The highest BCUT2D eigenvalue weighted by molar-refractivity contribution is 6.19. The molecule has 3 aromatic rings. The van der Waals surface area contributed by atoms with Crippen molar-refractivity contribution >= 4 is 22.7 Å². The smallest absolute Gasteiger partial charge is 0.220 e. The minimum absolute atomic E-state index is 0.0103. The first-order chi connectivity index (χ1) is 13.4. The summed E-state index contributed by atoms with van der Waals surface area (Å²) in [7, 11) is 0. The van der Waals surface area contributed by atoms with E-state index in [1.165, 1.54) is 0 Å². The van der Waals surface area contributed by atoms with Gasteiger partial charge in [-0.25, -0.2) is 0 Å². The zero-order valence-corrected chi connectivity index (χ0v) is 15.9. The van der Waals surface area contributed by atoms with Crippen molar-refractivity contribution in [3.63, 3.8) is 0 Å². The Kier molecular flexibility index (Phi) is 3.63. The third kappa shape index (κ3) is 2.46. The van der Waals surface area contributed by atoms with Gasteiger partial charge >= 0.3 is 0 Å². The summed E-state index contributed by atoms with van der Waals surface area (Å²) in [6.45, 7) is 4.57. The van der Waals surface area contributed by atoms with Gasteiger partial charge in [-0.2, -0.15) is 0 Å². The molecule has 1 atom stereocenters. The fourth-order valence-electron chi connectivity index (χ4n) is 4.30. The lowest BCUT2D eigenvalue weighted by Gasteiger charge is -2.31. The minimum atomic E-state index is -0.460. The Balaban J connectivity index is 1.52. The number of carbonyl (C=O) groups is 2. The molecule has 5 rings (SSSR count). The maximum absolute atomic E-state index is 13.2. The number of ketones is 1. The van der Waals surface area contributed by atoms with Crippen LogP contribution in [0.4, 0.5) is 0 Å². The minimum Gasteiger partial charge on any atom is -0.491 e. The van der Waals surface area contributed by atoms with Crippen LogP contribution in [0.25, 0.3) is 11.0 Å². The number of hydrogen-bond acceptors (Lipinski definition) is 4. The van der Waals surface area contributed by atoms with Crippen LogP contribution in [0.1, 0.15) is 53.9 Å². The van der Waals surface area contributed by atoms with Gasteiger partial charge in [0.15, 0.2) is 5.78 Å². The van der Waals surface area contributed by atoms with Gasteiger partial charge in [-0.1, -0.05) is 18.2 Å². The van der Waals surface area contributed by atoms with Gasteiger partial charge in [-0.15, -0.1) is 0 Å². The Labute approximate surface area is 162 Å². The molecule has 0 bridgehead atoms. The second kappa shape index (κ2) is 5.96. The Bertz CT molecular complexity index is 1120. The maximum Gasteiger partial charge on any atom is 0.220 e. The van der Waals surface area contributed by atoms with E-state index >= 15 is 0 Å². The molecule has 5 nitrogen and oxygen atoms in total. The second-order valence-corrected chi connectivity index (χ2v) is 8.08. The summed E-state index contributed by atoms with van der Waals surface area (Å²) >= 11 is 0. The predicted molar refractivity (Wildman–Crippen MR) is 105 cm³/mol. The molecule has 1 aliphatic heterocycles. The van der Waals surface area contributed by atoms with Crippen molar-refractivity contribution < 1.29 is 18.7 Å². The third-order valence-corrected chi connectivity index (χ3v) is 5.84. The highest BCUT2D eigenvalue weighted by Crippen LogP contribution is 2.46. The molecule has 0 radical (unpaired) electrons. The Morgan fingerprint density at radius 3 is 2.79 bits per heavy atom. The average Bonchev–Trinajstić information content (AvgIpc) is 3.29. The molecule has 1 aromatic heterocycles. The number of ether oxygens (including phenoxy) is 1. The number of para-hydroxylation sites is 1. The predicted octanol–water partition coefficient (Wildman–Crippen LogP) is 3.96. The molecular weight excluding hydrogens is 354 g/mol. The van der Waals surface area contributed by atoms with Crippen molar-refractivity contribution in [1.82, 2.24) is 5.32 Å². The van der Waals surface area contributed by atoms with Crippen molar-refractivity contribution in [2.24, 2.45) is 0 Å². The van der Waals surface area contributed by atoms with E-state index in [1.807, 2.05) is 42.5 Å². The first-order valence-corrected chi connectivity index (χ1v) is 9.58. The molecule has 0 spiro atoms. The normalized spacial score (nSPS) is 20.0. The molecule has 1 N–H and O–H groups in total. The van der Waals surface area contributed by atoms with Crippen LogP contribution in [-0.2, 0) is 10.2 Å². The van der Waals surface area contributed by atoms with Crippen LogP contribution >= 0.6 is 0 Å². The third-order valence-electron chi connectivity index (χ3n) is 5.84. The van der Waals surface area contributed by atoms with Gasteiger partial charge in [0.2, 0.25) is 5.91 Å². The van der Waals surface area contributed by atoms with E-state index in [2.05, 4.69) is 19.2 Å². The van der Waals surface area contributed by atoms with Crippen LogP contribution in [0, 0.1) is 0 Å². The molecule has 1 saturated heterocycles. The number of rotatable bonds is 3. The Morgan fingerprint density at radius 2 is 2.00 bits per heavy atom. The zero-order chi connectivity index (χ0) is 19.5. The molecule has 1 amide bonds. The van der Waals surface area contributed by atoms with Crippen LogP contribution in [0.3, 0.4) is 0 Å². The summed E-state index contributed by atoms with van der Waals surface area (Å²) in [5, 5.41) is 3.76. The lowest BCUT2D eigenvalue weighted by atomic mass is 9.72. The molecule has 0 unspecified atom stereocenters. The summed E-state index contributed by atoms with van der Waals surface area (Å²) in [5.41, 5.74) is 2.52. The molecular formula is C23H21NO4. The molecule has 1 aliphatic carbocycles. The summed E-state index contributed by atoms with van der Waals surface area (Å²) in [6, 6.07) is 13.3. The standard InChI is InChI=1S/C23H21NO4/c1-23(2)17-11-14(27-12-13-7-10-19(25)24-13)8-9-15(17)21(26)20-16-5-3-4-6-18(16)28-22(20)23/h3-6,8-9,11,13H,7,10,12H2,1-2H3,(H,24,25)/t13-/m1/s1. The lowest BCUT2D eigenvalue weighted by Crippen LogP contribution is -2.31. The van der Waals surface area contributed by atoms with Gasteiger partial charge in [-0.05, 0) is 50.1 Å². The van der Waals surface area contributed by atoms with Crippen LogP contribution in [0.2, 0.25) is 0 Å². The second-order valence-electron chi connectivity index (χ2n) is 8.08. The fraction of sp³-hybridized carbons (Fsp3) is 0.304. The number of hydrogen-bond donors (Lipinski definition) is 1. The van der Waals surface area contributed by atoms with E-state index in [4.69, 9.17) is 9.15 Å². The lowest BCUT2D eigenvalue weighted by molar-refractivity contribution is -0.119. The molecule has 2 heterocycles. The van der Waals surface area contributed by atoms with E-state index < -0.39 is 5.41 Å². The van der Waals surface area contributed by atoms with Gasteiger partial charge < -0.3 is 14.5 Å². The maximum atomic E-state index is 13.2. The van der Waals surface area contributed by atoms with Crippen molar-refractivity contribution in [2.75, 3.05) is 6.61 Å². The molecule has 5 heteroatoms. The molecule has 2 aromatic carbocycles. The first kappa shape index (κ1) is 17.0. The van der Waals surface area contributed by atoms with Gasteiger partial charge in [0.25, 0.3) is 0 Å². The fourth-order valence-corrected chi connectivity index (χ4v) is 4.30. The highest BCUT2D eigenvalue weighted by Gasteiger charge is 2.41. The number of fused-ring (bicyclic) bond motifs is 4. The quantitative estimate of drug-likeness (QED) is 0.752. The van der Waals surface area contributed by atoms with Crippen LogP contribution in [0.5, 0.6) is 5.75 Å². The molecule has 142 valence electrons. The van der Waals surface area contributed by atoms with Crippen molar-refractivity contribution in [3.05, 3.63) is 64.9 Å². The largest absolute Gasteiger partial charge is 0.491 e. The van der Waals surface area contributed by atoms with E-state index in [0.717, 1.165) is 23.0 Å². The summed E-state index contributed by atoms with van der Waals surface area (Å²) in [5.74, 6) is 1.46. The topological polar surface area (TPSA) is 68.5 Å². The number of amides is 1. The molecule has 1 fully saturated rings. The van der Waals surface area contributed by atoms with Gasteiger partial charge in [0, 0.05) is 22.8 Å². The van der Waals surface area contributed by atoms with Crippen molar-refractivity contribution in [1.29, 1.82) is 0 Å². The van der Waals surface area contributed by atoms with Crippen LogP contribution in [-0.4, -0.2) is 24.3 Å². The molecule has 2 aliphatic rings. The number of benzene rings is 2. The summed E-state index contributed by atoms with van der Waals surface area (Å²) in [4.78, 5) is 24.6. The molecule has 0 saturated carbocycles. The number of nitrogens with one attached hydrogen (secondary N) is 1. The average molecular weight is 375 g/mol. The highest BCUT2D eigenvalue weighted by atomic mass is 16.5. The van der Waals surface area contributed by atoms with Crippen LogP contribution < -0.4 is 10.1 Å². The number of furan rings is 1. The molecule has 28 heavy (non-hydrogen) atoms. The monoisotopic (exact) mass is 375 g/mol. The Hall–Kier alpha value is -3.08.